The number of hydrogen-bond donors (Lipinski definition) is 2. The van der Waals surface area contributed by atoms with E-state index in [1.165, 1.54) is 0 Å². The Balaban J connectivity index is 0.00000225. The van der Waals surface area contributed by atoms with E-state index in [-0.39, 0.29) is 30.3 Å². The first-order valence-corrected chi connectivity index (χ1v) is 9.80. The van der Waals surface area contributed by atoms with Gasteiger partial charge in [-0.2, -0.15) is 11.8 Å². The van der Waals surface area contributed by atoms with Gasteiger partial charge >= 0.3 is 0 Å². The van der Waals surface area contributed by atoms with Crippen LogP contribution in [0.4, 0.5) is 5.69 Å². The van der Waals surface area contributed by atoms with Gasteiger partial charge in [-0.15, -0.1) is 12.4 Å². The highest BCUT2D eigenvalue weighted by Gasteiger charge is 2.22. The van der Waals surface area contributed by atoms with Gasteiger partial charge in [-0.3, -0.25) is 9.59 Å². The van der Waals surface area contributed by atoms with E-state index in [0.717, 1.165) is 55.2 Å². The summed E-state index contributed by atoms with van der Waals surface area (Å²) in [6, 6.07) is 5.81. The number of carbonyl (C=O) groups excluding carboxylic acids is 2. The summed E-state index contributed by atoms with van der Waals surface area (Å²) in [5.41, 5.74) is 2.29. The van der Waals surface area contributed by atoms with E-state index < -0.39 is 0 Å². The van der Waals surface area contributed by atoms with Crippen LogP contribution in [0, 0.1) is 6.92 Å². The molecular weight excluding hydrogens is 358 g/mol. The Hall–Kier alpha value is -1.24. The molecule has 138 valence electrons. The lowest BCUT2D eigenvalue weighted by molar-refractivity contribution is -0.116. The lowest BCUT2D eigenvalue weighted by Gasteiger charge is -2.23. The maximum Gasteiger partial charge on any atom is 0.254 e. The van der Waals surface area contributed by atoms with Crippen molar-refractivity contribution >= 4 is 41.7 Å². The van der Waals surface area contributed by atoms with Gasteiger partial charge in [0.05, 0.1) is 0 Å². The summed E-state index contributed by atoms with van der Waals surface area (Å²) in [6.45, 7) is 4.54. The molecule has 2 N–H and O–H groups in total. The molecule has 0 spiro atoms. The highest BCUT2D eigenvalue weighted by Crippen LogP contribution is 2.22. The minimum atomic E-state index is 0. The van der Waals surface area contributed by atoms with E-state index in [9.17, 15) is 9.59 Å². The molecule has 25 heavy (non-hydrogen) atoms. The molecule has 1 aromatic carbocycles. The summed E-state index contributed by atoms with van der Waals surface area (Å²) in [7, 11) is 0. The summed E-state index contributed by atoms with van der Waals surface area (Å²) in [5, 5.41) is 6.36. The highest BCUT2D eigenvalue weighted by molar-refractivity contribution is 7.99. The van der Waals surface area contributed by atoms with Crippen molar-refractivity contribution in [2.45, 2.75) is 32.2 Å². The molecule has 2 aliphatic heterocycles. The quantitative estimate of drug-likeness (QED) is 0.839. The Morgan fingerprint density at radius 3 is 2.76 bits per heavy atom. The Labute approximate surface area is 159 Å². The van der Waals surface area contributed by atoms with Gasteiger partial charge in [0, 0.05) is 54.9 Å². The fraction of sp³-hybridized carbons (Fsp3) is 0.556. The molecule has 0 saturated carbocycles. The van der Waals surface area contributed by atoms with E-state index in [0.29, 0.717) is 12.0 Å². The minimum absolute atomic E-state index is 0. The molecule has 2 aliphatic rings. The SMILES string of the molecule is Cc1c(NC(=O)CC2CSCCN2)cccc1C(=O)N1CCCC1.Cl. The molecular formula is C18H26ClN3O2S. The maximum atomic E-state index is 12.6. The number of anilines is 1. The molecule has 1 atom stereocenters. The number of hydrogen-bond acceptors (Lipinski definition) is 4. The van der Waals surface area contributed by atoms with Crippen molar-refractivity contribution in [3.8, 4) is 0 Å². The van der Waals surface area contributed by atoms with Crippen molar-refractivity contribution in [2.24, 2.45) is 0 Å². The zero-order valence-electron chi connectivity index (χ0n) is 14.5. The lowest BCUT2D eigenvalue weighted by Crippen LogP contribution is -2.40. The molecule has 3 rings (SSSR count). The Kier molecular flexibility index (Phi) is 7.59. The van der Waals surface area contributed by atoms with Crippen molar-refractivity contribution < 1.29 is 9.59 Å². The Morgan fingerprint density at radius 1 is 1.32 bits per heavy atom. The standard InChI is InChI=1S/C18H25N3O2S.ClH/c1-13-15(18(23)21-8-2-3-9-21)5-4-6-16(13)20-17(22)11-14-12-24-10-7-19-14;/h4-6,14,19H,2-3,7-12H2,1H3,(H,20,22);1H. The zero-order valence-corrected chi connectivity index (χ0v) is 16.2. The van der Waals surface area contributed by atoms with Crippen LogP contribution in [0.2, 0.25) is 0 Å². The van der Waals surface area contributed by atoms with Crippen molar-refractivity contribution in [3.05, 3.63) is 29.3 Å². The van der Waals surface area contributed by atoms with Crippen LogP contribution in [0.3, 0.4) is 0 Å². The molecule has 0 aliphatic carbocycles. The van der Waals surface area contributed by atoms with E-state index >= 15 is 0 Å². The second-order valence-electron chi connectivity index (χ2n) is 6.46. The zero-order chi connectivity index (χ0) is 16.9. The van der Waals surface area contributed by atoms with Gasteiger partial charge in [0.15, 0.2) is 0 Å². The van der Waals surface area contributed by atoms with Crippen molar-refractivity contribution in [3.63, 3.8) is 0 Å². The number of amides is 2. The van der Waals surface area contributed by atoms with Crippen LogP contribution >= 0.6 is 24.2 Å². The first-order chi connectivity index (χ1) is 11.6. The predicted octanol–water partition coefficient (Wildman–Crippen LogP) is 2.69. The predicted molar refractivity (Wildman–Crippen MR) is 106 cm³/mol. The first kappa shape index (κ1) is 20.1. The summed E-state index contributed by atoms with van der Waals surface area (Å²) in [5.74, 6) is 2.16. The van der Waals surface area contributed by atoms with Crippen LogP contribution in [-0.2, 0) is 4.79 Å². The van der Waals surface area contributed by atoms with Gasteiger partial charge in [-0.05, 0) is 37.5 Å². The average Bonchev–Trinajstić information content (AvgIpc) is 3.11. The number of carbonyl (C=O) groups is 2. The van der Waals surface area contributed by atoms with E-state index in [4.69, 9.17) is 0 Å². The first-order valence-electron chi connectivity index (χ1n) is 8.65. The largest absolute Gasteiger partial charge is 0.339 e. The number of thioether (sulfide) groups is 1. The molecule has 2 saturated heterocycles. The lowest BCUT2D eigenvalue weighted by atomic mass is 10.0. The molecule has 1 aromatic rings. The third kappa shape index (κ3) is 5.12. The Bertz CT molecular complexity index is 614. The van der Waals surface area contributed by atoms with Crippen LogP contribution in [0.1, 0.15) is 35.2 Å². The molecule has 0 radical (unpaired) electrons. The third-order valence-corrected chi connectivity index (χ3v) is 5.79. The van der Waals surface area contributed by atoms with Gasteiger partial charge < -0.3 is 15.5 Å². The third-order valence-electron chi connectivity index (χ3n) is 4.66. The second-order valence-corrected chi connectivity index (χ2v) is 7.61. The van der Waals surface area contributed by atoms with Gasteiger partial charge in [-0.25, -0.2) is 0 Å². The minimum Gasteiger partial charge on any atom is -0.339 e. The summed E-state index contributed by atoms with van der Waals surface area (Å²) < 4.78 is 0. The summed E-state index contributed by atoms with van der Waals surface area (Å²) in [4.78, 5) is 26.8. The molecule has 0 bridgehead atoms. The van der Waals surface area contributed by atoms with Crippen molar-refractivity contribution in [1.29, 1.82) is 0 Å². The van der Waals surface area contributed by atoms with E-state index in [2.05, 4.69) is 10.6 Å². The molecule has 1 unspecified atom stereocenters. The van der Waals surface area contributed by atoms with Crippen molar-refractivity contribution in [2.75, 3.05) is 36.5 Å². The topological polar surface area (TPSA) is 61.4 Å². The van der Waals surface area contributed by atoms with Gasteiger partial charge in [-0.1, -0.05) is 6.07 Å². The van der Waals surface area contributed by atoms with Gasteiger partial charge in [0.25, 0.3) is 5.91 Å². The van der Waals surface area contributed by atoms with Crippen LogP contribution in [0.5, 0.6) is 0 Å². The number of likely N-dealkylation sites (tertiary alicyclic amines) is 1. The number of benzene rings is 1. The van der Waals surface area contributed by atoms with Crippen LogP contribution in [0.25, 0.3) is 0 Å². The molecule has 2 amide bonds. The molecule has 2 heterocycles. The summed E-state index contributed by atoms with van der Waals surface area (Å²) >= 11 is 1.88. The van der Waals surface area contributed by atoms with Crippen LogP contribution in [0.15, 0.2) is 18.2 Å². The van der Waals surface area contributed by atoms with Crippen LogP contribution in [-0.4, -0.2) is 53.9 Å². The normalized spacial score (nSPS) is 20.0. The summed E-state index contributed by atoms with van der Waals surface area (Å²) in [6.07, 6.45) is 2.62. The smallest absolute Gasteiger partial charge is 0.254 e. The van der Waals surface area contributed by atoms with Crippen LogP contribution < -0.4 is 10.6 Å². The monoisotopic (exact) mass is 383 g/mol. The molecule has 7 heteroatoms. The van der Waals surface area contributed by atoms with Gasteiger partial charge in [0.2, 0.25) is 5.91 Å². The maximum absolute atomic E-state index is 12.6. The van der Waals surface area contributed by atoms with E-state index in [1.54, 1.807) is 0 Å². The second kappa shape index (κ2) is 9.46. The molecule has 2 fully saturated rings. The number of rotatable bonds is 4. The fourth-order valence-corrected chi connectivity index (χ4v) is 4.22. The number of halogens is 1. The fourth-order valence-electron chi connectivity index (χ4n) is 3.27. The van der Waals surface area contributed by atoms with Gasteiger partial charge in [0.1, 0.15) is 0 Å². The Morgan fingerprint density at radius 2 is 2.08 bits per heavy atom. The molecule has 5 nitrogen and oxygen atoms in total. The van der Waals surface area contributed by atoms with Crippen molar-refractivity contribution in [1.82, 2.24) is 10.2 Å². The highest BCUT2D eigenvalue weighted by atomic mass is 35.5. The number of nitrogens with zero attached hydrogens (tertiary/aromatic N) is 1. The van der Waals surface area contributed by atoms with E-state index in [1.807, 2.05) is 41.8 Å². The number of nitrogens with one attached hydrogen (secondary N) is 2. The molecule has 0 aromatic heterocycles. The average molecular weight is 384 g/mol.